The number of rotatable bonds is 1. The molecule has 0 aliphatic carbocycles. The number of hydrogen-bond donors (Lipinski definition) is 2. The van der Waals surface area contributed by atoms with E-state index in [1.165, 1.54) is 0 Å². The monoisotopic (exact) mass is 240 g/mol. The maximum atomic E-state index is 11.9. The number of halogens is 1. The molecule has 0 radical (unpaired) electrons. The maximum absolute atomic E-state index is 11.9. The smallest absolute Gasteiger partial charge is 0.249 e. The lowest BCUT2D eigenvalue weighted by molar-refractivity contribution is -0.120. The lowest BCUT2D eigenvalue weighted by atomic mass is 9.95. The summed E-state index contributed by atoms with van der Waals surface area (Å²) in [7, 11) is 0. The zero-order valence-corrected chi connectivity index (χ0v) is 10.1. The summed E-state index contributed by atoms with van der Waals surface area (Å²) < 4.78 is 0. The number of aryl methyl sites for hydroxylation is 1. The molecule has 0 saturated carbocycles. The number of carbonyl (C=O) groups excluding carboxylic acids is 1. The van der Waals surface area contributed by atoms with Crippen LogP contribution in [-0.2, 0) is 4.79 Å². The van der Waals surface area contributed by atoms with E-state index >= 15 is 0 Å². The van der Waals surface area contributed by atoms with Crippen LogP contribution in [0.5, 0.6) is 0 Å². The van der Waals surface area contributed by atoms with Gasteiger partial charge in [0.1, 0.15) is 11.2 Å². The zero-order valence-electron chi connectivity index (χ0n) is 9.39. The van der Waals surface area contributed by atoms with Crippen LogP contribution in [-0.4, -0.2) is 21.4 Å². The second kappa shape index (κ2) is 3.59. The summed E-state index contributed by atoms with van der Waals surface area (Å²) in [4.78, 5) is 20.0. The fourth-order valence-corrected chi connectivity index (χ4v) is 1.81. The zero-order chi connectivity index (χ0) is 11.9. The molecule has 2 rings (SSSR count). The van der Waals surface area contributed by atoms with Crippen molar-refractivity contribution in [2.75, 3.05) is 10.6 Å². The Labute approximate surface area is 98.6 Å². The normalized spacial score (nSPS) is 23.4. The van der Waals surface area contributed by atoms with Gasteiger partial charge < -0.3 is 10.6 Å². The third kappa shape index (κ3) is 1.61. The number of anilines is 2. The van der Waals surface area contributed by atoms with Gasteiger partial charge in [-0.15, -0.1) is 0 Å². The van der Waals surface area contributed by atoms with Gasteiger partial charge in [-0.2, -0.15) is 4.98 Å². The molecule has 1 aliphatic heterocycles. The van der Waals surface area contributed by atoms with Crippen LogP contribution < -0.4 is 10.6 Å². The summed E-state index contributed by atoms with van der Waals surface area (Å²) in [5, 5.41) is 6.10. The van der Waals surface area contributed by atoms with E-state index in [0.717, 1.165) is 0 Å². The first-order valence-corrected chi connectivity index (χ1v) is 5.48. The Morgan fingerprint density at radius 1 is 1.44 bits per heavy atom. The van der Waals surface area contributed by atoms with Crippen molar-refractivity contribution in [3.8, 4) is 0 Å². The number of nitrogens with zero attached hydrogens (tertiary/aromatic N) is 2. The predicted octanol–water partition coefficient (Wildman–Crippen LogP) is 1.97. The van der Waals surface area contributed by atoms with Crippen molar-refractivity contribution < 1.29 is 4.79 Å². The third-order valence-electron chi connectivity index (χ3n) is 2.90. The molecule has 0 bridgehead atoms. The summed E-state index contributed by atoms with van der Waals surface area (Å²) >= 11 is 5.78. The SMILES string of the molecule is CCC1(C)Nc2nc(Cl)nc(C)c2NC1=O. The van der Waals surface area contributed by atoms with Crippen LogP contribution in [0, 0.1) is 6.92 Å². The van der Waals surface area contributed by atoms with Gasteiger partial charge in [0, 0.05) is 0 Å². The highest BCUT2D eigenvalue weighted by atomic mass is 35.5. The first-order chi connectivity index (χ1) is 7.46. The maximum Gasteiger partial charge on any atom is 0.249 e. The quantitative estimate of drug-likeness (QED) is 0.737. The Balaban J connectivity index is 2.51. The number of hydrogen-bond acceptors (Lipinski definition) is 4. The molecule has 6 heteroatoms. The van der Waals surface area contributed by atoms with Crippen LogP contribution in [0.4, 0.5) is 11.5 Å². The minimum Gasteiger partial charge on any atom is -0.354 e. The predicted molar refractivity (Wildman–Crippen MR) is 62.7 cm³/mol. The van der Waals surface area contributed by atoms with E-state index in [-0.39, 0.29) is 11.2 Å². The second-order valence-electron chi connectivity index (χ2n) is 4.07. The van der Waals surface area contributed by atoms with Crippen molar-refractivity contribution in [2.45, 2.75) is 32.7 Å². The van der Waals surface area contributed by atoms with Crippen LogP contribution in [0.1, 0.15) is 26.0 Å². The molecule has 1 atom stereocenters. The lowest BCUT2D eigenvalue weighted by Crippen LogP contribution is -2.50. The molecular weight excluding hydrogens is 228 g/mol. The van der Waals surface area contributed by atoms with Gasteiger partial charge in [0.15, 0.2) is 5.82 Å². The molecule has 0 spiro atoms. The van der Waals surface area contributed by atoms with E-state index < -0.39 is 5.54 Å². The molecule has 1 unspecified atom stereocenters. The van der Waals surface area contributed by atoms with Gasteiger partial charge >= 0.3 is 0 Å². The van der Waals surface area contributed by atoms with Crippen molar-refractivity contribution in [3.05, 3.63) is 11.0 Å². The van der Waals surface area contributed by atoms with E-state index in [1.807, 2.05) is 13.8 Å². The summed E-state index contributed by atoms with van der Waals surface area (Å²) in [5.74, 6) is 0.512. The Morgan fingerprint density at radius 2 is 2.12 bits per heavy atom. The highest BCUT2D eigenvalue weighted by molar-refractivity contribution is 6.28. The van der Waals surface area contributed by atoms with Gasteiger partial charge in [0.25, 0.3) is 0 Å². The number of carbonyl (C=O) groups is 1. The van der Waals surface area contributed by atoms with Crippen LogP contribution in [0.2, 0.25) is 5.28 Å². The fraction of sp³-hybridized carbons (Fsp3) is 0.500. The van der Waals surface area contributed by atoms with Crippen molar-refractivity contribution in [2.24, 2.45) is 0 Å². The molecule has 1 aliphatic rings. The van der Waals surface area contributed by atoms with E-state index in [2.05, 4.69) is 20.6 Å². The molecule has 2 N–H and O–H groups in total. The summed E-state index contributed by atoms with van der Waals surface area (Å²) in [6, 6.07) is 0. The summed E-state index contributed by atoms with van der Waals surface area (Å²) in [6.07, 6.45) is 0.666. The molecule has 5 nitrogen and oxygen atoms in total. The number of amides is 1. The molecule has 1 aromatic rings. The Morgan fingerprint density at radius 3 is 2.75 bits per heavy atom. The van der Waals surface area contributed by atoms with Crippen LogP contribution in [0.25, 0.3) is 0 Å². The van der Waals surface area contributed by atoms with Crippen LogP contribution in [0.15, 0.2) is 0 Å². The number of aromatic nitrogens is 2. The topological polar surface area (TPSA) is 66.9 Å². The highest BCUT2D eigenvalue weighted by Crippen LogP contribution is 2.33. The van der Waals surface area contributed by atoms with E-state index in [9.17, 15) is 4.79 Å². The van der Waals surface area contributed by atoms with E-state index in [1.54, 1.807) is 6.92 Å². The molecule has 0 fully saturated rings. The number of nitrogens with one attached hydrogen (secondary N) is 2. The van der Waals surface area contributed by atoms with Crippen LogP contribution >= 0.6 is 11.6 Å². The summed E-state index contributed by atoms with van der Waals surface area (Å²) in [5.41, 5.74) is 0.631. The van der Waals surface area contributed by atoms with Gasteiger partial charge in [-0.1, -0.05) is 6.92 Å². The fourth-order valence-electron chi connectivity index (χ4n) is 1.60. The average Bonchev–Trinajstić information content (AvgIpc) is 2.21. The van der Waals surface area contributed by atoms with Gasteiger partial charge in [-0.3, -0.25) is 4.79 Å². The molecular formula is C10H13ClN4O. The van der Waals surface area contributed by atoms with Gasteiger partial charge in [0.2, 0.25) is 11.2 Å². The van der Waals surface area contributed by atoms with Crippen molar-refractivity contribution in [1.82, 2.24) is 9.97 Å². The largest absolute Gasteiger partial charge is 0.354 e. The van der Waals surface area contributed by atoms with Crippen LogP contribution in [0.3, 0.4) is 0 Å². The van der Waals surface area contributed by atoms with Crippen molar-refractivity contribution in [3.63, 3.8) is 0 Å². The molecule has 86 valence electrons. The van der Waals surface area contributed by atoms with Gasteiger partial charge in [0.05, 0.1) is 5.69 Å². The highest BCUT2D eigenvalue weighted by Gasteiger charge is 2.37. The van der Waals surface area contributed by atoms with E-state index in [4.69, 9.17) is 11.6 Å². The van der Waals surface area contributed by atoms with Gasteiger partial charge in [-0.05, 0) is 31.9 Å². The third-order valence-corrected chi connectivity index (χ3v) is 3.07. The first kappa shape index (κ1) is 11.1. The first-order valence-electron chi connectivity index (χ1n) is 5.10. The lowest BCUT2D eigenvalue weighted by Gasteiger charge is -2.34. The van der Waals surface area contributed by atoms with Crippen molar-refractivity contribution in [1.29, 1.82) is 0 Å². The van der Waals surface area contributed by atoms with E-state index in [0.29, 0.717) is 23.6 Å². The Hall–Kier alpha value is -1.36. The van der Waals surface area contributed by atoms with Gasteiger partial charge in [-0.25, -0.2) is 4.98 Å². The molecule has 2 heterocycles. The minimum atomic E-state index is -0.642. The molecule has 1 aromatic heterocycles. The Kier molecular flexibility index (Phi) is 2.50. The number of fused-ring (bicyclic) bond motifs is 1. The molecule has 16 heavy (non-hydrogen) atoms. The molecule has 0 aromatic carbocycles. The Bertz CT molecular complexity index is 462. The standard InChI is InChI=1S/C10H13ClN4O/c1-4-10(3)8(16)13-6-5(2)12-9(11)14-7(6)15-10/h4H2,1-3H3,(H,13,16)(H,12,14,15). The minimum absolute atomic E-state index is 0.0727. The molecule has 0 saturated heterocycles. The van der Waals surface area contributed by atoms with Crippen molar-refractivity contribution >= 4 is 29.0 Å². The second-order valence-corrected chi connectivity index (χ2v) is 4.40. The molecule has 1 amide bonds. The summed E-state index contributed by atoms with van der Waals surface area (Å²) in [6.45, 7) is 5.55. The average molecular weight is 241 g/mol.